The van der Waals surface area contributed by atoms with Crippen molar-refractivity contribution >= 4 is 17.3 Å². The molecule has 8 heteroatoms. The van der Waals surface area contributed by atoms with Gasteiger partial charge in [0.25, 0.3) is 0 Å². The number of anilines is 1. The van der Waals surface area contributed by atoms with E-state index in [1.54, 1.807) is 0 Å². The maximum absolute atomic E-state index is 13.4. The van der Waals surface area contributed by atoms with Gasteiger partial charge in [-0.05, 0) is 46.8 Å². The summed E-state index contributed by atoms with van der Waals surface area (Å²) in [4.78, 5) is 0. The van der Waals surface area contributed by atoms with Gasteiger partial charge in [0.2, 0.25) is 0 Å². The molecule has 0 saturated carbocycles. The van der Waals surface area contributed by atoms with Crippen LogP contribution in [0.3, 0.4) is 0 Å². The fourth-order valence-corrected chi connectivity index (χ4v) is 2.13. The van der Waals surface area contributed by atoms with E-state index in [2.05, 4.69) is 15.5 Å². The summed E-state index contributed by atoms with van der Waals surface area (Å²) in [5, 5.41) is 11.3. The molecular formula is C13H8ClF2N5. The number of aromatic nitrogens is 4. The first-order valence-electron chi connectivity index (χ1n) is 5.85. The lowest BCUT2D eigenvalue weighted by atomic mass is 10.1. The summed E-state index contributed by atoms with van der Waals surface area (Å²) in [6.45, 7) is 0. The molecule has 5 nitrogen and oxygen atoms in total. The van der Waals surface area contributed by atoms with Crippen LogP contribution in [0.25, 0.3) is 17.1 Å². The van der Waals surface area contributed by atoms with Crippen molar-refractivity contribution in [2.45, 2.75) is 0 Å². The van der Waals surface area contributed by atoms with Gasteiger partial charge in [-0.2, -0.15) is 4.68 Å². The van der Waals surface area contributed by atoms with Crippen LogP contribution < -0.4 is 5.73 Å². The summed E-state index contributed by atoms with van der Waals surface area (Å²) in [7, 11) is 0. The van der Waals surface area contributed by atoms with Crippen molar-refractivity contribution in [3.63, 3.8) is 0 Å². The average molecular weight is 308 g/mol. The first-order valence-corrected chi connectivity index (χ1v) is 6.22. The van der Waals surface area contributed by atoms with Gasteiger partial charge < -0.3 is 5.73 Å². The molecule has 0 atom stereocenters. The second-order valence-corrected chi connectivity index (χ2v) is 4.71. The van der Waals surface area contributed by atoms with E-state index in [9.17, 15) is 8.78 Å². The summed E-state index contributed by atoms with van der Waals surface area (Å²) in [6.07, 6.45) is 0. The van der Waals surface area contributed by atoms with Crippen LogP contribution in [0.1, 0.15) is 0 Å². The molecule has 0 spiro atoms. The summed E-state index contributed by atoms with van der Waals surface area (Å²) in [6, 6.07) is 7.69. The Hall–Kier alpha value is -2.54. The number of halogens is 3. The third kappa shape index (κ3) is 2.55. The standard InChI is InChI=1S/C13H8ClF2N5/c14-7-3-9(16)5-10(4-7)21-13(18-19-20-21)11-6-8(15)1-2-12(11)17/h1-6H,17H2. The van der Waals surface area contributed by atoms with Crippen molar-refractivity contribution in [1.82, 2.24) is 20.2 Å². The van der Waals surface area contributed by atoms with Gasteiger partial charge in [-0.25, -0.2) is 8.78 Å². The molecular weight excluding hydrogens is 300 g/mol. The van der Waals surface area contributed by atoms with Gasteiger partial charge in [-0.1, -0.05) is 11.6 Å². The monoisotopic (exact) mass is 307 g/mol. The van der Waals surface area contributed by atoms with E-state index in [1.165, 1.54) is 35.0 Å². The largest absolute Gasteiger partial charge is 0.398 e. The molecule has 21 heavy (non-hydrogen) atoms. The van der Waals surface area contributed by atoms with Crippen LogP contribution >= 0.6 is 11.6 Å². The van der Waals surface area contributed by atoms with Crippen molar-refractivity contribution in [2.24, 2.45) is 0 Å². The molecule has 3 aromatic rings. The zero-order valence-electron chi connectivity index (χ0n) is 10.5. The predicted octanol–water partition coefficient (Wildman–Crippen LogP) is 2.84. The second kappa shape index (κ2) is 5.10. The SMILES string of the molecule is Nc1ccc(F)cc1-c1nnnn1-c1cc(F)cc(Cl)c1. The molecule has 0 saturated heterocycles. The van der Waals surface area contributed by atoms with E-state index >= 15 is 0 Å². The molecule has 0 aliphatic heterocycles. The van der Waals surface area contributed by atoms with Crippen LogP contribution in [0.15, 0.2) is 36.4 Å². The summed E-state index contributed by atoms with van der Waals surface area (Å²) in [5.74, 6) is -0.828. The van der Waals surface area contributed by atoms with Crippen molar-refractivity contribution in [3.05, 3.63) is 53.1 Å². The van der Waals surface area contributed by atoms with Crippen molar-refractivity contribution in [2.75, 3.05) is 5.73 Å². The predicted molar refractivity (Wildman–Crippen MR) is 73.9 cm³/mol. The number of nitrogens with two attached hydrogens (primary N) is 1. The summed E-state index contributed by atoms with van der Waals surface area (Å²) >= 11 is 5.82. The summed E-state index contributed by atoms with van der Waals surface area (Å²) in [5.41, 5.74) is 6.73. The van der Waals surface area contributed by atoms with E-state index in [0.717, 1.165) is 6.07 Å². The van der Waals surface area contributed by atoms with Gasteiger partial charge in [-0.15, -0.1) is 5.10 Å². The Balaban J connectivity index is 2.19. The van der Waals surface area contributed by atoms with E-state index in [0.29, 0.717) is 16.9 Å². The number of nitrogen functional groups attached to an aromatic ring is 1. The summed E-state index contributed by atoms with van der Waals surface area (Å²) < 4.78 is 28.1. The maximum Gasteiger partial charge on any atom is 0.189 e. The van der Waals surface area contributed by atoms with Crippen LogP contribution in [-0.2, 0) is 0 Å². The molecule has 0 unspecified atom stereocenters. The third-order valence-electron chi connectivity index (χ3n) is 2.82. The van der Waals surface area contributed by atoms with Gasteiger partial charge >= 0.3 is 0 Å². The van der Waals surface area contributed by atoms with Gasteiger partial charge in [0.15, 0.2) is 5.82 Å². The van der Waals surface area contributed by atoms with Crippen LogP contribution in [0.5, 0.6) is 0 Å². The lowest BCUT2D eigenvalue weighted by molar-refractivity contribution is 0.624. The minimum Gasteiger partial charge on any atom is -0.398 e. The van der Waals surface area contributed by atoms with Gasteiger partial charge in [0.1, 0.15) is 11.6 Å². The molecule has 2 N–H and O–H groups in total. The highest BCUT2D eigenvalue weighted by Gasteiger charge is 2.15. The lowest BCUT2D eigenvalue weighted by Gasteiger charge is -2.07. The minimum absolute atomic E-state index is 0.189. The topological polar surface area (TPSA) is 69.6 Å². The van der Waals surface area contributed by atoms with E-state index in [1.807, 2.05) is 0 Å². The Bertz CT molecular complexity index is 798. The Kier molecular flexibility index (Phi) is 3.26. The average Bonchev–Trinajstić information content (AvgIpc) is 2.89. The van der Waals surface area contributed by atoms with Crippen molar-refractivity contribution in [3.8, 4) is 17.1 Å². The molecule has 0 amide bonds. The molecule has 1 aromatic heterocycles. The molecule has 106 valence electrons. The number of benzene rings is 2. The van der Waals surface area contributed by atoms with E-state index in [-0.39, 0.29) is 10.8 Å². The highest BCUT2D eigenvalue weighted by atomic mass is 35.5. The fourth-order valence-electron chi connectivity index (χ4n) is 1.91. The number of hydrogen-bond donors (Lipinski definition) is 1. The van der Waals surface area contributed by atoms with Crippen LogP contribution in [0, 0.1) is 11.6 Å². The highest BCUT2D eigenvalue weighted by Crippen LogP contribution is 2.27. The van der Waals surface area contributed by atoms with Gasteiger partial charge in [0, 0.05) is 16.3 Å². The number of tetrazole rings is 1. The van der Waals surface area contributed by atoms with E-state index < -0.39 is 11.6 Å². The minimum atomic E-state index is -0.536. The zero-order chi connectivity index (χ0) is 15.0. The van der Waals surface area contributed by atoms with E-state index in [4.69, 9.17) is 17.3 Å². The third-order valence-corrected chi connectivity index (χ3v) is 3.04. The molecule has 0 bridgehead atoms. The molecule has 0 aliphatic rings. The Morgan fingerprint density at radius 3 is 2.62 bits per heavy atom. The van der Waals surface area contributed by atoms with Crippen molar-refractivity contribution in [1.29, 1.82) is 0 Å². The second-order valence-electron chi connectivity index (χ2n) is 4.27. The van der Waals surface area contributed by atoms with Crippen molar-refractivity contribution < 1.29 is 8.78 Å². The molecule has 0 aliphatic carbocycles. The Morgan fingerprint density at radius 1 is 1.05 bits per heavy atom. The first kappa shape index (κ1) is 13.4. The highest BCUT2D eigenvalue weighted by molar-refractivity contribution is 6.30. The fraction of sp³-hybridized carbons (Fsp3) is 0. The quantitative estimate of drug-likeness (QED) is 0.739. The smallest absolute Gasteiger partial charge is 0.189 e. The molecule has 2 aromatic carbocycles. The molecule has 0 fully saturated rings. The maximum atomic E-state index is 13.4. The van der Waals surface area contributed by atoms with Gasteiger partial charge in [-0.3, -0.25) is 0 Å². The number of rotatable bonds is 2. The van der Waals surface area contributed by atoms with Crippen LogP contribution in [0.2, 0.25) is 5.02 Å². The zero-order valence-corrected chi connectivity index (χ0v) is 11.2. The molecule has 1 heterocycles. The van der Waals surface area contributed by atoms with Crippen LogP contribution in [-0.4, -0.2) is 20.2 Å². The molecule has 0 radical (unpaired) electrons. The Labute approximate surface area is 123 Å². The molecule has 3 rings (SSSR count). The van der Waals surface area contributed by atoms with Crippen LogP contribution in [0.4, 0.5) is 14.5 Å². The van der Waals surface area contributed by atoms with Gasteiger partial charge in [0.05, 0.1) is 5.69 Å². The lowest BCUT2D eigenvalue weighted by Crippen LogP contribution is -2.02. The number of hydrogen-bond acceptors (Lipinski definition) is 4. The first-order chi connectivity index (χ1) is 10.0. The Morgan fingerprint density at radius 2 is 1.86 bits per heavy atom. The normalized spacial score (nSPS) is 10.8. The number of nitrogens with zero attached hydrogens (tertiary/aromatic N) is 4.